The van der Waals surface area contributed by atoms with Crippen LogP contribution in [0.3, 0.4) is 0 Å². The van der Waals surface area contributed by atoms with Crippen molar-refractivity contribution in [3.63, 3.8) is 0 Å². The first-order valence-electron chi connectivity index (χ1n) is 9.79. The van der Waals surface area contributed by atoms with Crippen molar-refractivity contribution >= 4 is 11.9 Å². The number of carbonyl (C=O) groups excluding carboxylic acids is 1. The molecule has 0 spiro atoms. The fourth-order valence-corrected chi connectivity index (χ4v) is 3.93. The number of methoxy groups -OCH3 is 2. The van der Waals surface area contributed by atoms with Crippen molar-refractivity contribution in [1.29, 1.82) is 0 Å². The van der Waals surface area contributed by atoms with Crippen LogP contribution >= 0.6 is 0 Å². The van der Waals surface area contributed by atoms with E-state index in [1.54, 1.807) is 26.6 Å². The number of benzene rings is 1. The second kappa shape index (κ2) is 8.04. The SMILES string of the molecule is COc1cc2c(cc1OC)CN(C(=O)c1cnc(N3CCCCC3)nc1)CC2. The summed E-state index contributed by atoms with van der Waals surface area (Å²) >= 11 is 0. The highest BCUT2D eigenvalue weighted by atomic mass is 16.5. The van der Waals surface area contributed by atoms with E-state index < -0.39 is 0 Å². The Balaban J connectivity index is 1.48. The lowest BCUT2D eigenvalue weighted by atomic mass is 9.98. The number of hydrogen-bond donors (Lipinski definition) is 0. The Morgan fingerprint density at radius 2 is 1.57 bits per heavy atom. The highest BCUT2D eigenvalue weighted by molar-refractivity contribution is 5.93. The average Bonchev–Trinajstić information content (AvgIpc) is 2.78. The number of nitrogens with zero attached hydrogens (tertiary/aromatic N) is 4. The van der Waals surface area contributed by atoms with Crippen molar-refractivity contribution in [2.24, 2.45) is 0 Å². The number of piperidine rings is 1. The van der Waals surface area contributed by atoms with Crippen LogP contribution in [0.15, 0.2) is 24.5 Å². The number of fused-ring (bicyclic) bond motifs is 1. The van der Waals surface area contributed by atoms with Gasteiger partial charge in [0.15, 0.2) is 11.5 Å². The number of hydrogen-bond acceptors (Lipinski definition) is 6. The zero-order valence-electron chi connectivity index (χ0n) is 16.5. The zero-order chi connectivity index (χ0) is 19.5. The first-order valence-corrected chi connectivity index (χ1v) is 9.79. The molecule has 0 aliphatic carbocycles. The first kappa shape index (κ1) is 18.5. The summed E-state index contributed by atoms with van der Waals surface area (Å²) in [5.41, 5.74) is 2.81. The van der Waals surface area contributed by atoms with Crippen molar-refractivity contribution < 1.29 is 14.3 Å². The zero-order valence-corrected chi connectivity index (χ0v) is 16.5. The molecular weight excluding hydrogens is 356 g/mol. The van der Waals surface area contributed by atoms with Gasteiger partial charge in [0.05, 0.1) is 19.8 Å². The maximum atomic E-state index is 13.0. The molecule has 1 saturated heterocycles. The lowest BCUT2D eigenvalue weighted by Gasteiger charge is -2.30. The molecule has 0 N–H and O–H groups in total. The predicted molar refractivity (Wildman–Crippen MR) is 106 cm³/mol. The summed E-state index contributed by atoms with van der Waals surface area (Å²) in [6.45, 7) is 3.18. The second-order valence-electron chi connectivity index (χ2n) is 7.27. The summed E-state index contributed by atoms with van der Waals surface area (Å²) in [7, 11) is 3.26. The summed E-state index contributed by atoms with van der Waals surface area (Å²) in [6, 6.07) is 3.97. The van der Waals surface area contributed by atoms with Crippen molar-refractivity contribution in [3.05, 3.63) is 41.2 Å². The maximum absolute atomic E-state index is 13.0. The average molecular weight is 382 g/mol. The van der Waals surface area contributed by atoms with E-state index in [1.807, 2.05) is 17.0 Å². The Labute approximate surface area is 165 Å². The topological polar surface area (TPSA) is 67.8 Å². The summed E-state index contributed by atoms with van der Waals surface area (Å²) in [4.78, 5) is 25.9. The molecule has 0 atom stereocenters. The summed E-state index contributed by atoms with van der Waals surface area (Å²) in [6.07, 6.45) is 7.71. The van der Waals surface area contributed by atoms with Crippen LogP contribution in [0.1, 0.15) is 40.7 Å². The predicted octanol–water partition coefficient (Wildman–Crippen LogP) is 2.68. The Hall–Kier alpha value is -2.83. The van der Waals surface area contributed by atoms with Crippen LogP contribution in [0.2, 0.25) is 0 Å². The number of amides is 1. The molecule has 0 radical (unpaired) electrons. The van der Waals surface area contributed by atoms with Gasteiger partial charge >= 0.3 is 0 Å². The van der Waals surface area contributed by atoms with E-state index in [4.69, 9.17) is 9.47 Å². The van der Waals surface area contributed by atoms with Gasteiger partial charge in [-0.25, -0.2) is 9.97 Å². The molecular formula is C21H26N4O3. The lowest BCUT2D eigenvalue weighted by Crippen LogP contribution is -2.36. The monoisotopic (exact) mass is 382 g/mol. The van der Waals surface area contributed by atoms with E-state index in [2.05, 4.69) is 14.9 Å². The van der Waals surface area contributed by atoms with E-state index in [-0.39, 0.29) is 5.91 Å². The largest absolute Gasteiger partial charge is 0.493 e. The standard InChI is InChI=1S/C21H26N4O3/c1-27-18-10-15-6-9-25(14-16(15)11-19(18)28-2)20(26)17-12-22-21(23-13-17)24-7-4-3-5-8-24/h10-13H,3-9,14H2,1-2H3. The minimum atomic E-state index is -0.0365. The number of carbonyl (C=O) groups is 1. The quantitative estimate of drug-likeness (QED) is 0.810. The van der Waals surface area contributed by atoms with Crippen molar-refractivity contribution in [1.82, 2.24) is 14.9 Å². The third kappa shape index (κ3) is 3.61. The minimum Gasteiger partial charge on any atom is -0.493 e. The summed E-state index contributed by atoms with van der Waals surface area (Å²) in [5.74, 6) is 2.09. The van der Waals surface area contributed by atoms with E-state index in [0.717, 1.165) is 36.8 Å². The van der Waals surface area contributed by atoms with Crippen LogP contribution in [0.4, 0.5) is 5.95 Å². The molecule has 28 heavy (non-hydrogen) atoms. The summed E-state index contributed by atoms with van der Waals surface area (Å²) in [5, 5.41) is 0. The molecule has 2 aromatic rings. The normalized spacial score (nSPS) is 16.5. The molecule has 0 bridgehead atoms. The van der Waals surface area contributed by atoms with Gasteiger partial charge in [-0.3, -0.25) is 4.79 Å². The fourth-order valence-electron chi connectivity index (χ4n) is 3.93. The van der Waals surface area contributed by atoms with Crippen LogP contribution in [0, 0.1) is 0 Å². The fraction of sp³-hybridized carbons (Fsp3) is 0.476. The number of aromatic nitrogens is 2. The molecule has 148 valence electrons. The Morgan fingerprint density at radius 1 is 0.929 bits per heavy atom. The molecule has 7 heteroatoms. The third-order valence-corrected chi connectivity index (χ3v) is 5.53. The van der Waals surface area contributed by atoms with Gasteiger partial charge < -0.3 is 19.3 Å². The molecule has 2 aliphatic heterocycles. The highest BCUT2D eigenvalue weighted by Crippen LogP contribution is 2.33. The molecule has 2 aliphatic rings. The molecule has 7 nitrogen and oxygen atoms in total. The molecule has 1 aromatic heterocycles. The molecule has 1 aromatic carbocycles. The van der Waals surface area contributed by atoms with Gasteiger partial charge in [-0.15, -0.1) is 0 Å². The smallest absolute Gasteiger partial charge is 0.257 e. The molecule has 1 fully saturated rings. The van der Waals surface area contributed by atoms with Gasteiger partial charge in [0, 0.05) is 38.6 Å². The van der Waals surface area contributed by atoms with Crippen LogP contribution in [-0.2, 0) is 13.0 Å². The maximum Gasteiger partial charge on any atom is 0.257 e. The Kier molecular flexibility index (Phi) is 5.32. The molecule has 0 saturated carbocycles. The molecule has 0 unspecified atom stereocenters. The van der Waals surface area contributed by atoms with Gasteiger partial charge in [0.2, 0.25) is 5.95 Å². The van der Waals surface area contributed by atoms with Gasteiger partial charge in [-0.05, 0) is 48.9 Å². The highest BCUT2D eigenvalue weighted by Gasteiger charge is 2.24. The van der Waals surface area contributed by atoms with Crippen LogP contribution < -0.4 is 14.4 Å². The van der Waals surface area contributed by atoms with E-state index in [1.165, 1.54) is 24.8 Å². The third-order valence-electron chi connectivity index (χ3n) is 5.53. The van der Waals surface area contributed by atoms with Crippen LogP contribution in [0.5, 0.6) is 11.5 Å². The lowest BCUT2D eigenvalue weighted by molar-refractivity contribution is 0.0733. The second-order valence-corrected chi connectivity index (χ2v) is 7.27. The Morgan fingerprint density at radius 3 is 2.21 bits per heavy atom. The number of ether oxygens (including phenoxy) is 2. The first-order chi connectivity index (χ1) is 13.7. The minimum absolute atomic E-state index is 0.0365. The van der Waals surface area contributed by atoms with Gasteiger partial charge in [0.25, 0.3) is 5.91 Å². The Bertz CT molecular complexity index is 847. The van der Waals surface area contributed by atoms with Gasteiger partial charge in [0.1, 0.15) is 0 Å². The summed E-state index contributed by atoms with van der Waals surface area (Å²) < 4.78 is 10.8. The number of rotatable bonds is 4. The van der Waals surface area contributed by atoms with E-state index in [9.17, 15) is 4.79 Å². The van der Waals surface area contributed by atoms with Crippen molar-refractivity contribution in [2.45, 2.75) is 32.2 Å². The van der Waals surface area contributed by atoms with Crippen molar-refractivity contribution in [2.75, 3.05) is 38.8 Å². The van der Waals surface area contributed by atoms with E-state index >= 15 is 0 Å². The van der Waals surface area contributed by atoms with Crippen molar-refractivity contribution in [3.8, 4) is 11.5 Å². The van der Waals surface area contributed by atoms with Crippen LogP contribution in [0.25, 0.3) is 0 Å². The van der Waals surface area contributed by atoms with Gasteiger partial charge in [-0.2, -0.15) is 0 Å². The molecule has 1 amide bonds. The van der Waals surface area contributed by atoms with Crippen LogP contribution in [-0.4, -0.2) is 54.6 Å². The molecule has 4 rings (SSSR count). The van der Waals surface area contributed by atoms with Gasteiger partial charge in [-0.1, -0.05) is 0 Å². The number of anilines is 1. The molecule has 3 heterocycles. The van der Waals surface area contributed by atoms with E-state index in [0.29, 0.717) is 24.4 Å².